The van der Waals surface area contributed by atoms with E-state index in [-0.39, 0.29) is 35.6 Å². The molecule has 1 atom stereocenters. The Hall–Kier alpha value is -6.34. The quantitative estimate of drug-likeness (QED) is 0.0324. The van der Waals surface area contributed by atoms with Crippen molar-refractivity contribution < 1.29 is 57.8 Å². The molecule has 0 radical (unpaired) electrons. The molecule has 17 nitrogen and oxygen atoms in total. The first-order chi connectivity index (χ1) is 34.7. The Morgan fingerprint density at radius 1 is 0.676 bits per heavy atom. The zero-order valence-corrected chi connectivity index (χ0v) is 40.6. The molecule has 0 saturated carbocycles. The average molecular weight is 978 g/mol. The number of nitrogens with zero attached hydrogens (tertiary/aromatic N) is 3. The lowest BCUT2D eigenvalue weighted by molar-refractivity contribution is -0.137. The van der Waals surface area contributed by atoms with Crippen LogP contribution in [-0.2, 0) is 44.6 Å². The van der Waals surface area contributed by atoms with Gasteiger partial charge in [-0.1, -0.05) is 49.4 Å². The van der Waals surface area contributed by atoms with Gasteiger partial charge in [-0.15, -0.1) is 0 Å². The molecule has 0 bridgehead atoms. The van der Waals surface area contributed by atoms with Gasteiger partial charge in [-0.25, -0.2) is 0 Å². The van der Waals surface area contributed by atoms with Gasteiger partial charge in [0.2, 0.25) is 17.7 Å². The Labute approximate surface area is 415 Å². The van der Waals surface area contributed by atoms with Crippen molar-refractivity contribution >= 4 is 40.5 Å². The molecule has 4 aromatic carbocycles. The average Bonchev–Trinajstić information content (AvgIpc) is 3.72. The zero-order valence-electron chi connectivity index (χ0n) is 40.6. The Morgan fingerprint density at radius 2 is 1.24 bits per heavy atom. The van der Waals surface area contributed by atoms with Gasteiger partial charge < -0.3 is 53.8 Å². The minimum Gasteiger partial charge on any atom is -0.508 e. The molecule has 4 N–H and O–H groups in total. The Kier molecular flexibility index (Phi) is 20.2. The van der Waals surface area contributed by atoms with E-state index in [1.807, 2.05) is 53.4 Å². The first kappa shape index (κ1) is 52.5. The highest BCUT2D eigenvalue weighted by Gasteiger charge is 2.40. The predicted octanol–water partition coefficient (Wildman–Crippen LogP) is 5.34. The number of amides is 4. The van der Waals surface area contributed by atoms with Crippen LogP contribution in [0.2, 0.25) is 0 Å². The van der Waals surface area contributed by atoms with Crippen LogP contribution in [0.25, 0.3) is 11.1 Å². The van der Waals surface area contributed by atoms with Crippen molar-refractivity contribution in [2.45, 2.75) is 45.2 Å². The summed E-state index contributed by atoms with van der Waals surface area (Å²) in [5, 5.41) is 25.5. The minimum atomic E-state index is -0.650. The number of rotatable bonds is 28. The monoisotopic (exact) mass is 977 g/mol. The molecule has 0 spiro atoms. The molecule has 4 amide bonds. The van der Waals surface area contributed by atoms with Crippen molar-refractivity contribution in [1.29, 1.82) is 0 Å². The minimum absolute atomic E-state index is 0.0896. The lowest BCUT2D eigenvalue weighted by atomic mass is 9.88. The number of fused-ring (bicyclic) bond motifs is 1. The van der Waals surface area contributed by atoms with E-state index in [0.29, 0.717) is 117 Å². The van der Waals surface area contributed by atoms with Gasteiger partial charge >= 0.3 is 0 Å². The van der Waals surface area contributed by atoms with Crippen LogP contribution in [-0.4, -0.2) is 167 Å². The first-order valence-corrected chi connectivity index (χ1v) is 24.6. The molecule has 2 saturated heterocycles. The number of nitrogens with one attached hydrogen (secondary N) is 2. The number of phenols is 2. The van der Waals surface area contributed by atoms with Crippen molar-refractivity contribution in [3.8, 4) is 17.2 Å². The maximum absolute atomic E-state index is 13.0. The van der Waals surface area contributed by atoms with E-state index in [1.165, 1.54) is 4.90 Å². The van der Waals surface area contributed by atoms with Crippen molar-refractivity contribution in [3.63, 3.8) is 0 Å². The van der Waals surface area contributed by atoms with E-state index < -0.39 is 11.9 Å². The van der Waals surface area contributed by atoms with E-state index in [2.05, 4.69) is 34.6 Å². The first-order valence-electron chi connectivity index (χ1n) is 24.6. The number of aromatic hydroxyl groups is 2. The number of hydrogen-bond donors (Lipinski definition) is 4. The number of carbonyl (C=O) groups excluding carboxylic acids is 4. The number of phenolic OH excluding ortho intramolecular Hbond substituents is 2. The molecule has 3 aliphatic rings. The summed E-state index contributed by atoms with van der Waals surface area (Å²) in [6.45, 7) is 11.3. The molecule has 1 unspecified atom stereocenters. The van der Waals surface area contributed by atoms with E-state index in [1.54, 1.807) is 30.3 Å². The number of piperidine rings is 1. The predicted molar refractivity (Wildman–Crippen MR) is 267 cm³/mol. The fourth-order valence-electron chi connectivity index (χ4n) is 8.87. The SMILES string of the molecule is CCC(=C(c1ccc(O)cc1)c1ccc(OCCN2CCN(C(=O)CCOCCOCCOCCOCCOCCNc3cccc4c3CN(C3CCC(=O)NC3=O)C4=O)CC2)cc1)c1ccc(O)cc1. The fourth-order valence-corrected chi connectivity index (χ4v) is 8.87. The molecule has 3 aliphatic heterocycles. The second-order valence-corrected chi connectivity index (χ2v) is 17.4. The molecular formula is C54H67N5O12. The summed E-state index contributed by atoms with van der Waals surface area (Å²) in [5.74, 6) is 0.351. The fraction of sp³-hybridized carbons (Fsp3) is 0.444. The molecule has 0 aliphatic carbocycles. The highest BCUT2D eigenvalue weighted by molar-refractivity contribution is 6.06. The number of piperazine rings is 1. The number of allylic oxidation sites excluding steroid dienone is 1. The summed E-state index contributed by atoms with van der Waals surface area (Å²) in [7, 11) is 0. The summed E-state index contributed by atoms with van der Waals surface area (Å²) in [5.41, 5.74) is 7.43. The number of imide groups is 1. The summed E-state index contributed by atoms with van der Waals surface area (Å²) < 4.78 is 34.2. The second kappa shape index (κ2) is 27.3. The lowest BCUT2D eigenvalue weighted by Crippen LogP contribution is -2.52. The van der Waals surface area contributed by atoms with Crippen LogP contribution in [0, 0.1) is 0 Å². The highest BCUT2D eigenvalue weighted by atomic mass is 16.6. The van der Waals surface area contributed by atoms with Crippen LogP contribution in [0.1, 0.15) is 65.2 Å². The van der Waals surface area contributed by atoms with E-state index in [4.69, 9.17) is 28.4 Å². The number of anilines is 1. The van der Waals surface area contributed by atoms with Crippen molar-refractivity contribution in [2.75, 3.05) is 117 Å². The summed E-state index contributed by atoms with van der Waals surface area (Å²) in [6.07, 6.45) is 1.64. The van der Waals surface area contributed by atoms with Crippen molar-refractivity contribution in [2.24, 2.45) is 0 Å². The van der Waals surface area contributed by atoms with Crippen LogP contribution in [0.3, 0.4) is 0 Å². The van der Waals surface area contributed by atoms with Crippen LogP contribution in [0.15, 0.2) is 91.0 Å². The van der Waals surface area contributed by atoms with Crippen molar-refractivity contribution in [1.82, 2.24) is 20.0 Å². The van der Waals surface area contributed by atoms with Gasteiger partial charge in [-0.2, -0.15) is 0 Å². The standard InChI is InChI=1S/C54H67N5O12/c1-2-45(39-6-12-42(60)13-7-39)52(40-8-14-43(61)15-9-40)41-10-16-44(17-11-41)71-29-26-57-22-24-58(25-23-57)51(63)20-27-66-30-32-68-34-36-70-37-35-69-33-31-67-28-21-55-48-5-3-4-46-47(48)38-59(54(46)65)49-18-19-50(62)56-53(49)64/h3-17,49,55,60-61H,2,18-38H2,1H3,(H,56,62,64). The maximum atomic E-state index is 13.0. The number of ether oxygens (including phenoxy) is 6. The second-order valence-electron chi connectivity index (χ2n) is 17.4. The topological polar surface area (TPSA) is 198 Å². The van der Waals surface area contributed by atoms with E-state index in [0.717, 1.165) is 70.9 Å². The summed E-state index contributed by atoms with van der Waals surface area (Å²) in [6, 6.07) is 27.4. The van der Waals surface area contributed by atoms with Crippen molar-refractivity contribution in [3.05, 3.63) is 119 Å². The molecule has 3 heterocycles. The highest BCUT2D eigenvalue weighted by Crippen LogP contribution is 2.36. The van der Waals surface area contributed by atoms with Crippen LogP contribution >= 0.6 is 0 Å². The Morgan fingerprint density at radius 3 is 1.83 bits per heavy atom. The summed E-state index contributed by atoms with van der Waals surface area (Å²) in [4.78, 5) is 55.5. The van der Waals surface area contributed by atoms with Gasteiger partial charge in [-0.3, -0.25) is 29.4 Å². The normalized spacial score (nSPS) is 16.5. The number of carbonyl (C=O) groups is 4. The van der Waals surface area contributed by atoms with E-state index in [9.17, 15) is 29.4 Å². The van der Waals surface area contributed by atoms with Gasteiger partial charge in [0.1, 0.15) is 29.9 Å². The molecule has 380 valence electrons. The molecule has 2 fully saturated rings. The van der Waals surface area contributed by atoms with Gasteiger partial charge in [-0.05, 0) is 89.2 Å². The smallest absolute Gasteiger partial charge is 0.255 e. The third-order valence-corrected chi connectivity index (χ3v) is 12.7. The van der Waals surface area contributed by atoms with E-state index >= 15 is 0 Å². The van der Waals surface area contributed by atoms with Gasteiger partial charge in [0.15, 0.2) is 0 Å². The largest absolute Gasteiger partial charge is 0.508 e. The molecule has 17 heteroatoms. The molecular weight excluding hydrogens is 911 g/mol. The molecule has 0 aromatic heterocycles. The lowest BCUT2D eigenvalue weighted by Gasteiger charge is -2.34. The molecule has 7 rings (SSSR count). The number of benzene rings is 4. The zero-order chi connectivity index (χ0) is 49.8. The molecule has 71 heavy (non-hydrogen) atoms. The Balaban J connectivity index is 0.662. The Bertz CT molecular complexity index is 2390. The van der Waals surface area contributed by atoms with Crippen LogP contribution in [0.4, 0.5) is 5.69 Å². The van der Waals surface area contributed by atoms with Crippen LogP contribution in [0.5, 0.6) is 17.2 Å². The van der Waals surface area contributed by atoms with Gasteiger partial charge in [0, 0.05) is 69.0 Å². The maximum Gasteiger partial charge on any atom is 0.255 e. The molecule has 4 aromatic rings. The summed E-state index contributed by atoms with van der Waals surface area (Å²) >= 11 is 0. The number of hydrogen-bond acceptors (Lipinski definition) is 14. The van der Waals surface area contributed by atoms with Crippen LogP contribution < -0.4 is 15.4 Å². The van der Waals surface area contributed by atoms with Gasteiger partial charge in [0.05, 0.1) is 72.5 Å². The third-order valence-electron chi connectivity index (χ3n) is 12.7. The van der Waals surface area contributed by atoms with Gasteiger partial charge in [0.25, 0.3) is 5.91 Å². The third kappa shape index (κ3) is 15.3.